The van der Waals surface area contributed by atoms with Crippen LogP contribution in [0, 0.1) is 0 Å². The number of benzene rings is 1. The van der Waals surface area contributed by atoms with Gasteiger partial charge in [-0.15, -0.1) is 11.3 Å². The highest BCUT2D eigenvalue weighted by Gasteiger charge is 2.19. The predicted molar refractivity (Wildman–Crippen MR) is 102 cm³/mol. The molecule has 1 aliphatic heterocycles. The first-order chi connectivity index (χ1) is 11.7. The van der Waals surface area contributed by atoms with Crippen LogP contribution in [0.2, 0.25) is 0 Å². The van der Waals surface area contributed by atoms with Crippen LogP contribution in [0.5, 0.6) is 0 Å². The molecule has 1 aliphatic rings. The van der Waals surface area contributed by atoms with E-state index >= 15 is 0 Å². The van der Waals surface area contributed by atoms with E-state index in [9.17, 15) is 4.79 Å². The Bertz CT molecular complexity index is 648. The molecule has 2 heterocycles. The number of para-hydroxylation sites is 2. The fourth-order valence-corrected chi connectivity index (χ4v) is 3.85. The van der Waals surface area contributed by atoms with Gasteiger partial charge < -0.3 is 15.5 Å². The average Bonchev–Trinajstić information content (AvgIpc) is 3.09. The number of carbonyl (C=O) groups is 1. The lowest BCUT2D eigenvalue weighted by molar-refractivity contribution is -0.114. The van der Waals surface area contributed by atoms with Crippen molar-refractivity contribution in [3.05, 3.63) is 46.7 Å². The van der Waals surface area contributed by atoms with E-state index in [1.807, 2.05) is 35.6 Å². The maximum atomic E-state index is 11.3. The van der Waals surface area contributed by atoms with Gasteiger partial charge in [-0.05, 0) is 42.8 Å². The number of hydrogen-bond donors (Lipinski definition) is 2. The molecule has 2 N–H and O–H groups in total. The lowest BCUT2D eigenvalue weighted by atomic mass is 10.0. The molecule has 128 valence electrons. The number of nitrogens with zero attached hydrogens (tertiary/aromatic N) is 1. The summed E-state index contributed by atoms with van der Waals surface area (Å²) in [4.78, 5) is 15.4. The van der Waals surface area contributed by atoms with E-state index in [1.165, 1.54) is 4.88 Å². The van der Waals surface area contributed by atoms with Gasteiger partial charge in [-0.3, -0.25) is 4.79 Å². The molecule has 0 radical (unpaired) electrons. The number of thiophene rings is 1. The topological polar surface area (TPSA) is 44.4 Å². The molecule has 1 aromatic carbocycles. The molecule has 0 bridgehead atoms. The Morgan fingerprint density at radius 3 is 2.58 bits per heavy atom. The van der Waals surface area contributed by atoms with Gasteiger partial charge in [0, 0.05) is 37.5 Å². The van der Waals surface area contributed by atoms with Gasteiger partial charge in [-0.25, -0.2) is 0 Å². The number of carbonyl (C=O) groups excluding carboxylic acids is 1. The number of piperidine rings is 1. The van der Waals surface area contributed by atoms with Crippen molar-refractivity contribution < 1.29 is 4.79 Å². The number of nitrogens with one attached hydrogen (secondary N) is 2. The Balaban J connectivity index is 1.48. The van der Waals surface area contributed by atoms with Crippen LogP contribution in [0.3, 0.4) is 0 Å². The molecular weight excluding hydrogens is 318 g/mol. The van der Waals surface area contributed by atoms with Crippen molar-refractivity contribution in [2.75, 3.05) is 30.3 Å². The molecule has 1 saturated heterocycles. The monoisotopic (exact) mass is 343 g/mol. The van der Waals surface area contributed by atoms with E-state index in [1.54, 1.807) is 6.92 Å². The van der Waals surface area contributed by atoms with Crippen molar-refractivity contribution in [1.29, 1.82) is 0 Å². The summed E-state index contributed by atoms with van der Waals surface area (Å²) in [6.45, 7) is 4.95. The second-order valence-corrected chi connectivity index (χ2v) is 7.35. The van der Waals surface area contributed by atoms with Crippen molar-refractivity contribution in [1.82, 2.24) is 4.90 Å². The highest BCUT2D eigenvalue weighted by molar-refractivity contribution is 7.09. The fourth-order valence-electron chi connectivity index (χ4n) is 3.15. The Labute approximate surface area is 147 Å². The lowest BCUT2D eigenvalue weighted by Gasteiger charge is -2.33. The normalized spacial score (nSPS) is 16.0. The SMILES string of the molecule is CC(=O)Nc1ccccc1NC1CCN(CCc2cccs2)CC1. The zero-order valence-electron chi connectivity index (χ0n) is 14.1. The van der Waals surface area contributed by atoms with Crippen molar-refractivity contribution in [3.63, 3.8) is 0 Å². The van der Waals surface area contributed by atoms with Gasteiger partial charge in [-0.2, -0.15) is 0 Å². The van der Waals surface area contributed by atoms with Crippen molar-refractivity contribution in [3.8, 4) is 0 Å². The Morgan fingerprint density at radius 1 is 1.17 bits per heavy atom. The zero-order chi connectivity index (χ0) is 16.8. The number of likely N-dealkylation sites (tertiary alicyclic amines) is 1. The summed E-state index contributed by atoms with van der Waals surface area (Å²) in [6, 6.07) is 12.8. The van der Waals surface area contributed by atoms with Gasteiger partial charge in [0.1, 0.15) is 0 Å². The maximum Gasteiger partial charge on any atom is 0.221 e. The smallest absolute Gasteiger partial charge is 0.221 e. The van der Waals surface area contributed by atoms with Gasteiger partial charge >= 0.3 is 0 Å². The third-order valence-electron chi connectivity index (χ3n) is 4.44. The minimum atomic E-state index is -0.0346. The summed E-state index contributed by atoms with van der Waals surface area (Å²) in [7, 11) is 0. The number of amides is 1. The van der Waals surface area contributed by atoms with Crippen LogP contribution in [0.25, 0.3) is 0 Å². The minimum Gasteiger partial charge on any atom is -0.381 e. The molecule has 24 heavy (non-hydrogen) atoms. The third-order valence-corrected chi connectivity index (χ3v) is 5.38. The van der Waals surface area contributed by atoms with Crippen LogP contribution in [0.4, 0.5) is 11.4 Å². The van der Waals surface area contributed by atoms with Crippen LogP contribution >= 0.6 is 11.3 Å². The molecule has 0 spiro atoms. The zero-order valence-corrected chi connectivity index (χ0v) is 14.9. The summed E-state index contributed by atoms with van der Waals surface area (Å²) in [6.07, 6.45) is 3.43. The van der Waals surface area contributed by atoms with Crippen molar-refractivity contribution >= 4 is 28.6 Å². The second-order valence-electron chi connectivity index (χ2n) is 6.32. The van der Waals surface area contributed by atoms with Crippen molar-refractivity contribution in [2.45, 2.75) is 32.2 Å². The molecule has 1 amide bonds. The third kappa shape index (κ3) is 4.82. The molecule has 1 aromatic heterocycles. The molecular formula is C19H25N3OS. The predicted octanol–water partition coefficient (Wildman–Crippen LogP) is 3.83. The highest BCUT2D eigenvalue weighted by atomic mass is 32.1. The first kappa shape index (κ1) is 17.0. The van der Waals surface area contributed by atoms with E-state index in [0.717, 1.165) is 50.3 Å². The first-order valence-corrected chi connectivity index (χ1v) is 9.46. The molecule has 4 nitrogen and oxygen atoms in total. The van der Waals surface area contributed by atoms with E-state index < -0.39 is 0 Å². The fraction of sp³-hybridized carbons (Fsp3) is 0.421. The van der Waals surface area contributed by atoms with Gasteiger partial charge in [0.2, 0.25) is 5.91 Å². The number of rotatable bonds is 6. The Hall–Kier alpha value is -1.85. The molecule has 0 atom stereocenters. The van der Waals surface area contributed by atoms with Crippen LogP contribution in [0.1, 0.15) is 24.6 Å². The van der Waals surface area contributed by atoms with Gasteiger partial charge in [0.25, 0.3) is 0 Å². The molecule has 5 heteroatoms. The van der Waals surface area contributed by atoms with E-state index in [-0.39, 0.29) is 5.91 Å². The summed E-state index contributed by atoms with van der Waals surface area (Å²) < 4.78 is 0. The van der Waals surface area contributed by atoms with E-state index in [0.29, 0.717) is 6.04 Å². The molecule has 3 rings (SSSR count). The molecule has 0 unspecified atom stereocenters. The van der Waals surface area contributed by atoms with Crippen LogP contribution < -0.4 is 10.6 Å². The van der Waals surface area contributed by atoms with Crippen molar-refractivity contribution in [2.24, 2.45) is 0 Å². The van der Waals surface area contributed by atoms with E-state index in [2.05, 4.69) is 33.0 Å². The van der Waals surface area contributed by atoms with Crippen LogP contribution in [0.15, 0.2) is 41.8 Å². The number of anilines is 2. The first-order valence-electron chi connectivity index (χ1n) is 8.58. The maximum absolute atomic E-state index is 11.3. The second kappa shape index (κ2) is 8.31. The Morgan fingerprint density at radius 2 is 1.92 bits per heavy atom. The molecule has 0 aliphatic carbocycles. The minimum absolute atomic E-state index is 0.0346. The summed E-state index contributed by atoms with van der Waals surface area (Å²) in [5.41, 5.74) is 1.88. The standard InChI is InChI=1S/C19H25N3OS/c1-15(23)20-18-6-2-3-7-19(18)21-16-8-11-22(12-9-16)13-10-17-5-4-14-24-17/h2-7,14,16,21H,8-13H2,1H3,(H,20,23). The van der Waals surface area contributed by atoms with Crippen LogP contribution in [-0.2, 0) is 11.2 Å². The largest absolute Gasteiger partial charge is 0.381 e. The molecule has 0 saturated carbocycles. The quantitative estimate of drug-likeness (QED) is 0.838. The van der Waals surface area contributed by atoms with Gasteiger partial charge in [0.15, 0.2) is 0 Å². The molecule has 2 aromatic rings. The molecule has 1 fully saturated rings. The average molecular weight is 343 g/mol. The Kier molecular flexibility index (Phi) is 5.88. The number of hydrogen-bond acceptors (Lipinski definition) is 4. The highest BCUT2D eigenvalue weighted by Crippen LogP contribution is 2.24. The van der Waals surface area contributed by atoms with Gasteiger partial charge in [0.05, 0.1) is 11.4 Å². The summed E-state index contributed by atoms with van der Waals surface area (Å²) >= 11 is 1.85. The summed E-state index contributed by atoms with van der Waals surface area (Å²) in [5, 5.41) is 8.65. The van der Waals surface area contributed by atoms with E-state index in [4.69, 9.17) is 0 Å². The summed E-state index contributed by atoms with van der Waals surface area (Å²) in [5.74, 6) is -0.0346. The lowest BCUT2D eigenvalue weighted by Crippen LogP contribution is -2.40. The van der Waals surface area contributed by atoms with Gasteiger partial charge in [-0.1, -0.05) is 18.2 Å². The van der Waals surface area contributed by atoms with Crippen LogP contribution in [-0.4, -0.2) is 36.5 Å².